The van der Waals surface area contributed by atoms with Crippen molar-refractivity contribution < 1.29 is 9.32 Å². The first-order valence-corrected chi connectivity index (χ1v) is 8.06. The van der Waals surface area contributed by atoms with Crippen molar-refractivity contribution in [3.8, 4) is 16.5 Å². The molecule has 0 spiro atoms. The van der Waals surface area contributed by atoms with Crippen molar-refractivity contribution in [2.45, 2.75) is 26.2 Å². The minimum atomic E-state index is -0.113. The molecule has 1 N–H and O–H groups in total. The van der Waals surface area contributed by atoms with Gasteiger partial charge in [0.25, 0.3) is 5.89 Å². The van der Waals surface area contributed by atoms with Gasteiger partial charge in [0.2, 0.25) is 5.91 Å². The monoisotopic (exact) mass is 333 g/mol. The summed E-state index contributed by atoms with van der Waals surface area (Å²) in [5, 5.41) is 19.6. The maximum atomic E-state index is 11.8. The van der Waals surface area contributed by atoms with Gasteiger partial charge in [0.15, 0.2) is 5.82 Å². The van der Waals surface area contributed by atoms with Crippen LogP contribution < -0.4 is 5.32 Å². The molecule has 9 nitrogen and oxygen atoms in total. The molecule has 0 aliphatic rings. The molecule has 0 radical (unpaired) electrons. The molecule has 3 aromatic rings. The number of tetrazole rings is 1. The number of hydrogen-bond donors (Lipinski definition) is 1. The minimum Gasteiger partial charge on any atom is -0.356 e. The lowest BCUT2D eigenvalue weighted by molar-refractivity contribution is -0.120. The molecule has 0 aliphatic heterocycles. The average molecular weight is 333 g/mol. The summed E-state index contributed by atoms with van der Waals surface area (Å²) in [6.45, 7) is 2.73. The SMILES string of the molecule is CCCCNC(=O)Cc1noc(-c2sccc2-n2cnnn2)n1. The van der Waals surface area contributed by atoms with Crippen molar-refractivity contribution in [3.05, 3.63) is 23.6 Å². The van der Waals surface area contributed by atoms with Crippen LogP contribution in [-0.4, -0.2) is 42.8 Å². The number of rotatable bonds is 7. The zero-order valence-corrected chi connectivity index (χ0v) is 13.3. The van der Waals surface area contributed by atoms with Crippen LogP contribution in [0.1, 0.15) is 25.6 Å². The lowest BCUT2D eigenvalue weighted by Gasteiger charge is -2.00. The number of unbranched alkanes of at least 4 members (excludes halogenated alkanes) is 1. The second-order valence-electron chi connectivity index (χ2n) is 4.79. The smallest absolute Gasteiger partial charge is 0.270 e. The van der Waals surface area contributed by atoms with Crippen LogP contribution >= 0.6 is 11.3 Å². The third kappa shape index (κ3) is 3.59. The van der Waals surface area contributed by atoms with Gasteiger partial charge in [-0.05, 0) is 28.3 Å². The van der Waals surface area contributed by atoms with Gasteiger partial charge in [-0.2, -0.15) is 9.67 Å². The van der Waals surface area contributed by atoms with Crippen LogP contribution in [0.5, 0.6) is 0 Å². The highest BCUT2D eigenvalue weighted by atomic mass is 32.1. The Kier molecular flexibility index (Phi) is 4.71. The maximum absolute atomic E-state index is 11.8. The Balaban J connectivity index is 1.71. The van der Waals surface area contributed by atoms with Gasteiger partial charge in [-0.1, -0.05) is 18.5 Å². The highest BCUT2D eigenvalue weighted by molar-refractivity contribution is 7.14. The van der Waals surface area contributed by atoms with Crippen molar-refractivity contribution in [2.75, 3.05) is 6.54 Å². The van der Waals surface area contributed by atoms with Crippen LogP contribution in [0.15, 0.2) is 22.3 Å². The van der Waals surface area contributed by atoms with Gasteiger partial charge in [0.05, 0.1) is 12.1 Å². The van der Waals surface area contributed by atoms with E-state index in [1.165, 1.54) is 22.3 Å². The first-order chi connectivity index (χ1) is 11.3. The maximum Gasteiger partial charge on any atom is 0.270 e. The molecule has 0 aliphatic carbocycles. The van der Waals surface area contributed by atoms with Gasteiger partial charge in [-0.3, -0.25) is 4.79 Å². The van der Waals surface area contributed by atoms with Gasteiger partial charge >= 0.3 is 0 Å². The van der Waals surface area contributed by atoms with Crippen LogP contribution in [0.2, 0.25) is 0 Å². The summed E-state index contributed by atoms with van der Waals surface area (Å²) >= 11 is 1.44. The molecule has 0 saturated heterocycles. The molecule has 0 aromatic carbocycles. The lowest BCUT2D eigenvalue weighted by atomic mass is 10.3. The number of aromatic nitrogens is 6. The molecule has 0 bridgehead atoms. The molecule has 3 rings (SSSR count). The van der Waals surface area contributed by atoms with Crippen molar-refractivity contribution in [1.29, 1.82) is 0 Å². The van der Waals surface area contributed by atoms with E-state index < -0.39 is 0 Å². The summed E-state index contributed by atoms with van der Waals surface area (Å²) in [5.74, 6) is 0.588. The second-order valence-corrected chi connectivity index (χ2v) is 5.70. The number of nitrogens with one attached hydrogen (secondary N) is 1. The Morgan fingerprint density at radius 1 is 1.48 bits per heavy atom. The molecule has 3 aromatic heterocycles. The topological polar surface area (TPSA) is 112 Å². The Hall–Kier alpha value is -2.62. The van der Waals surface area contributed by atoms with E-state index in [0.717, 1.165) is 23.4 Å². The van der Waals surface area contributed by atoms with Crippen molar-refractivity contribution >= 4 is 17.2 Å². The van der Waals surface area contributed by atoms with E-state index in [4.69, 9.17) is 4.52 Å². The quantitative estimate of drug-likeness (QED) is 0.647. The molecule has 0 atom stereocenters. The van der Waals surface area contributed by atoms with Crippen molar-refractivity contribution in [2.24, 2.45) is 0 Å². The van der Waals surface area contributed by atoms with E-state index in [9.17, 15) is 4.79 Å². The molecular weight excluding hydrogens is 318 g/mol. The van der Waals surface area contributed by atoms with Crippen LogP contribution in [0.3, 0.4) is 0 Å². The van der Waals surface area contributed by atoms with Crippen LogP contribution in [0, 0.1) is 0 Å². The summed E-state index contributed by atoms with van der Waals surface area (Å²) < 4.78 is 6.78. The molecule has 23 heavy (non-hydrogen) atoms. The van der Waals surface area contributed by atoms with Crippen molar-refractivity contribution in [3.63, 3.8) is 0 Å². The van der Waals surface area contributed by atoms with Gasteiger partial charge in [0.1, 0.15) is 11.2 Å². The minimum absolute atomic E-state index is 0.0960. The van der Waals surface area contributed by atoms with Gasteiger partial charge < -0.3 is 9.84 Å². The van der Waals surface area contributed by atoms with Crippen molar-refractivity contribution in [1.82, 2.24) is 35.7 Å². The number of carbonyl (C=O) groups is 1. The van der Waals surface area contributed by atoms with Crippen LogP contribution in [-0.2, 0) is 11.2 Å². The Morgan fingerprint density at radius 2 is 2.39 bits per heavy atom. The predicted molar refractivity (Wildman–Crippen MR) is 81.9 cm³/mol. The second kappa shape index (κ2) is 7.09. The van der Waals surface area contributed by atoms with Gasteiger partial charge in [0, 0.05) is 6.54 Å². The molecule has 0 unspecified atom stereocenters. The molecule has 3 heterocycles. The largest absolute Gasteiger partial charge is 0.356 e. The third-order valence-corrected chi connectivity index (χ3v) is 3.97. The fraction of sp³-hybridized carbons (Fsp3) is 0.385. The van der Waals surface area contributed by atoms with Crippen LogP contribution in [0.4, 0.5) is 0 Å². The summed E-state index contributed by atoms with van der Waals surface area (Å²) in [6.07, 6.45) is 3.57. The molecule has 10 heteroatoms. The Morgan fingerprint density at radius 3 is 3.17 bits per heavy atom. The fourth-order valence-corrected chi connectivity index (χ4v) is 2.74. The molecule has 120 valence electrons. The van der Waals surface area contributed by atoms with E-state index in [1.54, 1.807) is 0 Å². The summed E-state index contributed by atoms with van der Waals surface area (Å²) in [7, 11) is 0. The average Bonchev–Trinajstić information content (AvgIpc) is 3.27. The molecule has 0 saturated carbocycles. The highest BCUT2D eigenvalue weighted by Crippen LogP contribution is 2.30. The first kappa shape index (κ1) is 15.3. The van der Waals surface area contributed by atoms with Crippen LogP contribution in [0.25, 0.3) is 16.5 Å². The highest BCUT2D eigenvalue weighted by Gasteiger charge is 2.17. The number of nitrogens with zero attached hydrogens (tertiary/aromatic N) is 6. The zero-order valence-electron chi connectivity index (χ0n) is 12.5. The van der Waals surface area contributed by atoms with E-state index in [0.29, 0.717) is 18.3 Å². The Bertz CT molecular complexity index is 765. The Labute approximate surface area is 135 Å². The summed E-state index contributed by atoms with van der Waals surface area (Å²) in [4.78, 5) is 16.8. The normalized spacial score (nSPS) is 10.8. The summed E-state index contributed by atoms with van der Waals surface area (Å²) in [6, 6.07) is 1.86. The number of carbonyl (C=O) groups excluding carboxylic acids is 1. The number of amides is 1. The van der Waals surface area contributed by atoms with E-state index in [1.807, 2.05) is 11.4 Å². The third-order valence-electron chi connectivity index (χ3n) is 3.07. The fourth-order valence-electron chi connectivity index (χ4n) is 1.94. The molecule has 0 fully saturated rings. The lowest BCUT2D eigenvalue weighted by Crippen LogP contribution is -2.26. The van der Waals surface area contributed by atoms with E-state index in [-0.39, 0.29) is 12.3 Å². The van der Waals surface area contributed by atoms with E-state index in [2.05, 4.69) is 37.9 Å². The van der Waals surface area contributed by atoms with Gasteiger partial charge in [-0.25, -0.2) is 0 Å². The number of thiophene rings is 1. The first-order valence-electron chi connectivity index (χ1n) is 7.18. The van der Waals surface area contributed by atoms with E-state index >= 15 is 0 Å². The van der Waals surface area contributed by atoms with Gasteiger partial charge in [-0.15, -0.1) is 16.4 Å². The number of hydrogen-bond acceptors (Lipinski definition) is 8. The summed E-state index contributed by atoms with van der Waals surface area (Å²) in [5.41, 5.74) is 0.752. The standard InChI is InChI=1S/C13H15N7O2S/c1-2-3-5-14-11(21)7-10-16-13(22-17-10)12-9(4-6-23-12)20-8-15-18-19-20/h4,6,8H,2-3,5,7H2,1H3,(H,14,21). The molecular formula is C13H15N7O2S. The zero-order chi connectivity index (χ0) is 16.1. The molecule has 1 amide bonds. The predicted octanol–water partition coefficient (Wildman–Crippen LogP) is 1.23.